The molecule has 8 heteroatoms. The first-order chi connectivity index (χ1) is 16.2. The number of carbonyl (C=O) groups is 1. The molecule has 3 aromatic rings. The number of nitrogens with zero attached hydrogens (tertiary/aromatic N) is 4. The van der Waals surface area contributed by atoms with Crippen molar-refractivity contribution in [3.8, 4) is 17.5 Å². The highest BCUT2D eigenvalue weighted by molar-refractivity contribution is 7.99. The third kappa shape index (κ3) is 4.77. The van der Waals surface area contributed by atoms with Crippen molar-refractivity contribution in [2.75, 3.05) is 11.1 Å². The van der Waals surface area contributed by atoms with Crippen LogP contribution in [0.3, 0.4) is 0 Å². The predicted octanol–water partition coefficient (Wildman–Crippen LogP) is 6.00. The van der Waals surface area contributed by atoms with Gasteiger partial charge in [0.05, 0.1) is 11.3 Å². The van der Waals surface area contributed by atoms with Crippen LogP contribution in [-0.2, 0) is 24.7 Å². The molecule has 0 bridgehead atoms. The molecule has 178 valence electrons. The lowest BCUT2D eigenvalue weighted by atomic mass is 9.69. The first kappa shape index (κ1) is 24.5. The summed E-state index contributed by atoms with van der Waals surface area (Å²) in [4.78, 5) is 14.0. The van der Waals surface area contributed by atoms with Gasteiger partial charge in [0.2, 0.25) is 5.91 Å². The van der Waals surface area contributed by atoms with E-state index < -0.39 is 0 Å². The average molecular weight is 494 g/mol. The summed E-state index contributed by atoms with van der Waals surface area (Å²) in [6.07, 6.45) is 4.13. The van der Waals surface area contributed by atoms with Gasteiger partial charge in [-0.05, 0) is 48.6 Å². The largest absolute Gasteiger partial charge is 0.316 e. The number of anilines is 1. The summed E-state index contributed by atoms with van der Waals surface area (Å²) in [5.74, 6) is 1.46. The fourth-order valence-electron chi connectivity index (χ4n) is 4.54. The van der Waals surface area contributed by atoms with E-state index in [0.29, 0.717) is 21.6 Å². The average Bonchev–Trinajstić information content (AvgIpc) is 3.36. The van der Waals surface area contributed by atoms with Gasteiger partial charge in [0.1, 0.15) is 11.1 Å². The number of thioether (sulfide) groups is 1. The maximum atomic E-state index is 12.8. The summed E-state index contributed by atoms with van der Waals surface area (Å²) in [7, 11) is 1.91. The van der Waals surface area contributed by atoms with Crippen LogP contribution in [0.25, 0.3) is 11.4 Å². The van der Waals surface area contributed by atoms with Crippen molar-refractivity contribution in [1.82, 2.24) is 14.8 Å². The highest BCUT2D eigenvalue weighted by Crippen LogP contribution is 2.45. The van der Waals surface area contributed by atoms with Gasteiger partial charge in [0.15, 0.2) is 11.0 Å². The topological polar surface area (TPSA) is 83.6 Å². The van der Waals surface area contributed by atoms with Crippen molar-refractivity contribution in [2.24, 2.45) is 18.4 Å². The van der Waals surface area contributed by atoms with Crippen LogP contribution < -0.4 is 5.32 Å². The number of hydrogen-bond donors (Lipinski definition) is 1. The number of aromatic nitrogens is 3. The number of carbonyl (C=O) groups excluding carboxylic acids is 1. The van der Waals surface area contributed by atoms with Gasteiger partial charge in [-0.1, -0.05) is 63.2 Å². The molecule has 0 aliphatic heterocycles. The van der Waals surface area contributed by atoms with E-state index in [4.69, 9.17) is 0 Å². The van der Waals surface area contributed by atoms with Gasteiger partial charge < -0.3 is 9.88 Å². The van der Waals surface area contributed by atoms with Crippen molar-refractivity contribution < 1.29 is 4.79 Å². The number of amides is 1. The quantitative estimate of drug-likeness (QED) is 0.408. The molecule has 1 N–H and O–H groups in total. The van der Waals surface area contributed by atoms with Crippen LogP contribution in [0.4, 0.5) is 5.00 Å². The number of hydrogen-bond acceptors (Lipinski definition) is 6. The van der Waals surface area contributed by atoms with Crippen LogP contribution in [0.15, 0.2) is 29.4 Å². The summed E-state index contributed by atoms with van der Waals surface area (Å²) in [5.41, 5.74) is 4.21. The molecule has 2 aromatic heterocycles. The van der Waals surface area contributed by atoms with E-state index in [-0.39, 0.29) is 17.1 Å². The van der Waals surface area contributed by atoms with E-state index in [1.807, 2.05) is 42.8 Å². The molecule has 1 aliphatic carbocycles. The van der Waals surface area contributed by atoms with Crippen molar-refractivity contribution in [1.29, 1.82) is 5.26 Å². The molecule has 0 saturated carbocycles. The van der Waals surface area contributed by atoms with Gasteiger partial charge in [-0.15, -0.1) is 21.5 Å². The second kappa shape index (κ2) is 9.93. The van der Waals surface area contributed by atoms with E-state index in [9.17, 15) is 10.1 Å². The fourth-order valence-corrected chi connectivity index (χ4v) is 6.54. The molecule has 0 fully saturated rings. The van der Waals surface area contributed by atoms with Crippen LogP contribution in [0, 0.1) is 29.6 Å². The molecule has 6 nitrogen and oxygen atoms in total. The first-order valence-corrected chi connectivity index (χ1v) is 13.5. The molecule has 2 heterocycles. The standard InChI is InChI=1S/C26H31N5OS2/c1-6-26(3,4)17-11-12-19-20(14-27)24(34-21(19)13-17)28-22(32)15-33-25-30-29-23(31(25)5)18-10-8-7-9-16(18)2/h7-10,17H,6,11-13,15H2,1-5H3,(H,28,32). The molecule has 1 amide bonds. The molecule has 0 spiro atoms. The van der Waals surface area contributed by atoms with E-state index in [2.05, 4.69) is 42.4 Å². The number of fused-ring (bicyclic) bond motifs is 1. The number of rotatable bonds is 7. The smallest absolute Gasteiger partial charge is 0.235 e. The van der Waals surface area contributed by atoms with Crippen molar-refractivity contribution in [3.63, 3.8) is 0 Å². The maximum Gasteiger partial charge on any atom is 0.235 e. The summed E-state index contributed by atoms with van der Waals surface area (Å²) in [6, 6.07) is 10.4. The van der Waals surface area contributed by atoms with Crippen LogP contribution in [0.2, 0.25) is 0 Å². The molecule has 1 aliphatic rings. The lowest BCUT2D eigenvalue weighted by Crippen LogP contribution is -2.28. The lowest BCUT2D eigenvalue weighted by Gasteiger charge is -2.36. The Morgan fingerprint density at radius 1 is 1.35 bits per heavy atom. The van der Waals surface area contributed by atoms with Crippen molar-refractivity contribution in [3.05, 3.63) is 45.8 Å². The molecular weight excluding hydrogens is 462 g/mol. The summed E-state index contributed by atoms with van der Waals surface area (Å²) in [6.45, 7) is 8.95. The minimum Gasteiger partial charge on any atom is -0.316 e. The molecule has 1 aromatic carbocycles. The molecule has 1 atom stereocenters. The summed E-state index contributed by atoms with van der Waals surface area (Å²) >= 11 is 2.93. The number of benzene rings is 1. The normalized spacial score (nSPS) is 15.6. The lowest BCUT2D eigenvalue weighted by molar-refractivity contribution is -0.113. The second-order valence-electron chi connectivity index (χ2n) is 9.62. The van der Waals surface area contributed by atoms with E-state index in [1.165, 1.54) is 16.6 Å². The van der Waals surface area contributed by atoms with Crippen LogP contribution in [0.1, 0.15) is 55.2 Å². The van der Waals surface area contributed by atoms with Crippen LogP contribution >= 0.6 is 23.1 Å². The highest BCUT2D eigenvalue weighted by atomic mass is 32.2. The monoisotopic (exact) mass is 493 g/mol. The Bertz CT molecular complexity index is 1250. The number of nitriles is 1. The SMILES string of the molecule is CCC(C)(C)C1CCc2c(sc(NC(=O)CSc3nnc(-c4ccccc4C)n3C)c2C#N)C1. The Morgan fingerprint density at radius 3 is 2.82 bits per heavy atom. The summed E-state index contributed by atoms with van der Waals surface area (Å²) < 4.78 is 1.92. The van der Waals surface area contributed by atoms with Gasteiger partial charge in [-0.25, -0.2) is 0 Å². The molecule has 4 rings (SSSR count). The van der Waals surface area contributed by atoms with Crippen LogP contribution in [0.5, 0.6) is 0 Å². The summed E-state index contributed by atoms with van der Waals surface area (Å²) in [5, 5.41) is 22.8. The number of thiophene rings is 1. The first-order valence-electron chi connectivity index (χ1n) is 11.7. The Morgan fingerprint density at radius 2 is 2.12 bits per heavy atom. The minimum absolute atomic E-state index is 0.133. The van der Waals surface area contributed by atoms with Gasteiger partial charge in [-0.3, -0.25) is 4.79 Å². The Balaban J connectivity index is 1.44. The van der Waals surface area contributed by atoms with Gasteiger partial charge >= 0.3 is 0 Å². The van der Waals surface area contributed by atoms with Crippen molar-refractivity contribution >= 4 is 34.0 Å². The zero-order chi connectivity index (χ0) is 24.5. The van der Waals surface area contributed by atoms with Gasteiger partial charge in [0.25, 0.3) is 0 Å². The van der Waals surface area contributed by atoms with Gasteiger partial charge in [0, 0.05) is 17.5 Å². The molecule has 0 radical (unpaired) electrons. The minimum atomic E-state index is -0.133. The Kier molecular flexibility index (Phi) is 7.15. The van der Waals surface area contributed by atoms with E-state index >= 15 is 0 Å². The van der Waals surface area contributed by atoms with Crippen LogP contribution in [-0.4, -0.2) is 26.4 Å². The van der Waals surface area contributed by atoms with Crippen molar-refractivity contribution in [2.45, 2.75) is 58.5 Å². The molecule has 1 unspecified atom stereocenters. The second-order valence-corrected chi connectivity index (χ2v) is 11.7. The zero-order valence-electron chi connectivity index (χ0n) is 20.4. The molecule has 34 heavy (non-hydrogen) atoms. The predicted molar refractivity (Wildman–Crippen MR) is 139 cm³/mol. The number of aryl methyl sites for hydroxylation is 1. The van der Waals surface area contributed by atoms with Gasteiger partial charge in [-0.2, -0.15) is 5.26 Å². The number of nitrogens with one attached hydrogen (secondary N) is 1. The maximum absolute atomic E-state index is 12.8. The van der Waals surface area contributed by atoms with E-state index in [0.717, 1.165) is 48.2 Å². The molecule has 0 saturated heterocycles. The highest BCUT2D eigenvalue weighted by Gasteiger charge is 2.34. The third-order valence-corrected chi connectivity index (χ3v) is 9.39. The Hall–Kier alpha value is -2.63. The Labute approximate surface area is 209 Å². The van der Waals surface area contributed by atoms with E-state index in [1.54, 1.807) is 11.3 Å². The zero-order valence-corrected chi connectivity index (χ0v) is 22.1. The fraction of sp³-hybridized carbons (Fsp3) is 0.462. The third-order valence-electron chi connectivity index (χ3n) is 7.20. The molecular formula is C26H31N5OS2.